The van der Waals surface area contributed by atoms with Crippen LogP contribution in [-0.4, -0.2) is 86.5 Å². The van der Waals surface area contributed by atoms with E-state index in [4.69, 9.17) is 9.47 Å². The summed E-state index contributed by atoms with van der Waals surface area (Å²) >= 11 is 0. The third-order valence-electron chi connectivity index (χ3n) is 5.95. The van der Waals surface area contributed by atoms with Crippen molar-refractivity contribution in [2.24, 2.45) is 5.92 Å². The van der Waals surface area contributed by atoms with Crippen molar-refractivity contribution in [3.05, 3.63) is 18.2 Å². The first-order chi connectivity index (χ1) is 15.0. The van der Waals surface area contributed by atoms with Gasteiger partial charge in [0, 0.05) is 57.4 Å². The van der Waals surface area contributed by atoms with E-state index < -0.39 is 0 Å². The first kappa shape index (κ1) is 21.4. The Bertz CT molecular complexity index is 845. The van der Waals surface area contributed by atoms with Gasteiger partial charge < -0.3 is 24.6 Å². The van der Waals surface area contributed by atoms with Crippen molar-refractivity contribution in [3.63, 3.8) is 0 Å². The zero-order chi connectivity index (χ0) is 21.8. The lowest BCUT2D eigenvalue weighted by molar-refractivity contribution is -0.135. The van der Waals surface area contributed by atoms with Crippen molar-refractivity contribution in [2.75, 3.05) is 63.9 Å². The Labute approximate surface area is 182 Å². The van der Waals surface area contributed by atoms with Crippen LogP contribution in [0.1, 0.15) is 19.8 Å². The molecule has 3 heterocycles. The van der Waals surface area contributed by atoms with Crippen molar-refractivity contribution in [1.82, 2.24) is 15.1 Å². The van der Waals surface area contributed by atoms with Gasteiger partial charge in [0.25, 0.3) is 0 Å². The minimum atomic E-state index is -0.351. The molecule has 0 aromatic heterocycles. The van der Waals surface area contributed by atoms with Gasteiger partial charge in [0.1, 0.15) is 13.2 Å². The van der Waals surface area contributed by atoms with Crippen LogP contribution in [0.3, 0.4) is 0 Å². The van der Waals surface area contributed by atoms with Gasteiger partial charge >= 0.3 is 0 Å². The molecular weight excluding hydrogens is 400 g/mol. The van der Waals surface area contributed by atoms with Crippen molar-refractivity contribution in [1.29, 1.82) is 0 Å². The van der Waals surface area contributed by atoms with E-state index in [-0.39, 0.29) is 30.1 Å². The van der Waals surface area contributed by atoms with Gasteiger partial charge in [0.15, 0.2) is 11.5 Å². The Morgan fingerprint density at radius 1 is 1.10 bits per heavy atom. The van der Waals surface area contributed by atoms with Gasteiger partial charge in [-0.05, 0) is 25.5 Å². The van der Waals surface area contributed by atoms with Crippen LogP contribution < -0.4 is 19.7 Å². The molecule has 0 bridgehead atoms. The number of hydrogen-bond donors (Lipinski definition) is 1. The molecule has 1 unspecified atom stereocenters. The Kier molecular flexibility index (Phi) is 6.60. The van der Waals surface area contributed by atoms with E-state index in [2.05, 4.69) is 10.2 Å². The number of likely N-dealkylation sites (N-methyl/N-ethyl adjacent to an activating group) is 1. The number of nitrogens with one attached hydrogen (secondary N) is 1. The molecule has 0 radical (unpaired) electrons. The lowest BCUT2D eigenvalue weighted by atomic mass is 10.1. The molecule has 4 rings (SSSR count). The normalized spacial score (nSPS) is 21.7. The highest BCUT2D eigenvalue weighted by atomic mass is 16.6. The first-order valence-electron chi connectivity index (χ1n) is 11.0. The second kappa shape index (κ2) is 9.55. The molecule has 2 saturated heterocycles. The van der Waals surface area contributed by atoms with Crippen LogP contribution in [0.4, 0.5) is 5.69 Å². The molecule has 3 aliphatic rings. The van der Waals surface area contributed by atoms with Crippen LogP contribution in [0.15, 0.2) is 18.2 Å². The predicted molar refractivity (Wildman–Crippen MR) is 114 cm³/mol. The lowest BCUT2D eigenvalue weighted by Gasteiger charge is -2.25. The first-order valence-corrected chi connectivity index (χ1v) is 11.0. The summed E-state index contributed by atoms with van der Waals surface area (Å²) in [5.74, 6) is 0.937. The van der Waals surface area contributed by atoms with Gasteiger partial charge in [-0.25, -0.2) is 0 Å². The van der Waals surface area contributed by atoms with Gasteiger partial charge in [-0.2, -0.15) is 0 Å². The van der Waals surface area contributed by atoms with E-state index in [0.717, 1.165) is 18.7 Å². The second-order valence-corrected chi connectivity index (χ2v) is 8.14. The molecule has 1 N–H and O–H groups in total. The second-order valence-electron chi connectivity index (χ2n) is 8.14. The standard InChI is InChI=1S/C22H30N4O5/c1-2-23-20(27)15-24-6-3-7-25(9-8-24)22(29)16-12-21(28)26(14-16)17-4-5-18-19(13-17)31-11-10-30-18/h4-5,13,16H,2-3,6-12,14-15H2,1H3,(H,23,27). The minimum absolute atomic E-state index is 0.0127. The fourth-order valence-electron chi connectivity index (χ4n) is 4.39. The number of anilines is 1. The zero-order valence-electron chi connectivity index (χ0n) is 18.0. The Morgan fingerprint density at radius 2 is 1.90 bits per heavy atom. The molecule has 0 aliphatic carbocycles. The molecule has 9 nitrogen and oxygen atoms in total. The number of benzene rings is 1. The highest BCUT2D eigenvalue weighted by molar-refractivity contribution is 6.00. The third kappa shape index (κ3) is 4.92. The average Bonchev–Trinajstić information content (AvgIpc) is 3.01. The van der Waals surface area contributed by atoms with Crippen LogP contribution in [0.2, 0.25) is 0 Å². The van der Waals surface area contributed by atoms with Crippen LogP contribution in [0.5, 0.6) is 11.5 Å². The predicted octanol–water partition coefficient (Wildman–Crippen LogP) is 0.481. The number of carbonyl (C=O) groups is 3. The topological polar surface area (TPSA) is 91.4 Å². The number of carbonyl (C=O) groups excluding carboxylic acids is 3. The SMILES string of the molecule is CCNC(=O)CN1CCCN(C(=O)C2CC(=O)N(c3ccc4c(c3)OCCO4)C2)CC1. The number of amides is 3. The highest BCUT2D eigenvalue weighted by Crippen LogP contribution is 2.36. The Morgan fingerprint density at radius 3 is 2.71 bits per heavy atom. The Hall–Kier alpha value is -2.81. The fraction of sp³-hybridized carbons (Fsp3) is 0.591. The molecule has 3 amide bonds. The molecule has 1 aromatic carbocycles. The van der Waals surface area contributed by atoms with Crippen LogP contribution in [-0.2, 0) is 14.4 Å². The van der Waals surface area contributed by atoms with Gasteiger partial charge in [0.05, 0.1) is 12.5 Å². The molecule has 0 spiro atoms. The molecule has 168 valence electrons. The summed E-state index contributed by atoms with van der Waals surface area (Å²) in [4.78, 5) is 43.3. The van der Waals surface area contributed by atoms with E-state index in [1.54, 1.807) is 4.90 Å². The molecule has 1 aromatic rings. The molecule has 31 heavy (non-hydrogen) atoms. The smallest absolute Gasteiger partial charge is 0.234 e. The van der Waals surface area contributed by atoms with Crippen LogP contribution in [0, 0.1) is 5.92 Å². The molecular formula is C22H30N4O5. The molecule has 1 atom stereocenters. The molecule has 2 fully saturated rings. The van der Waals surface area contributed by atoms with Gasteiger partial charge in [-0.15, -0.1) is 0 Å². The maximum atomic E-state index is 13.1. The number of hydrogen-bond acceptors (Lipinski definition) is 6. The van der Waals surface area contributed by atoms with Crippen LogP contribution >= 0.6 is 0 Å². The molecule has 0 saturated carbocycles. The molecule has 3 aliphatic heterocycles. The Balaban J connectivity index is 1.35. The minimum Gasteiger partial charge on any atom is -0.486 e. The summed E-state index contributed by atoms with van der Waals surface area (Å²) in [5, 5.41) is 2.82. The van der Waals surface area contributed by atoms with Gasteiger partial charge in [-0.3, -0.25) is 19.3 Å². The summed E-state index contributed by atoms with van der Waals surface area (Å²) in [7, 11) is 0. The van der Waals surface area contributed by atoms with Crippen molar-refractivity contribution >= 4 is 23.4 Å². The third-order valence-corrected chi connectivity index (χ3v) is 5.95. The molecule has 9 heteroatoms. The van der Waals surface area contributed by atoms with Gasteiger partial charge in [-0.1, -0.05) is 0 Å². The van der Waals surface area contributed by atoms with Crippen molar-refractivity contribution in [2.45, 2.75) is 19.8 Å². The summed E-state index contributed by atoms with van der Waals surface area (Å²) in [6, 6.07) is 5.46. The van der Waals surface area contributed by atoms with E-state index in [1.165, 1.54) is 0 Å². The van der Waals surface area contributed by atoms with Gasteiger partial charge in [0.2, 0.25) is 17.7 Å². The average molecular weight is 431 g/mol. The maximum Gasteiger partial charge on any atom is 0.234 e. The number of fused-ring (bicyclic) bond motifs is 1. The summed E-state index contributed by atoms with van der Waals surface area (Å²) in [6.45, 7) is 6.92. The number of rotatable bonds is 5. The summed E-state index contributed by atoms with van der Waals surface area (Å²) in [6.07, 6.45) is 1.03. The maximum absolute atomic E-state index is 13.1. The number of nitrogens with zero attached hydrogens (tertiary/aromatic N) is 3. The van der Waals surface area contributed by atoms with E-state index in [1.807, 2.05) is 30.0 Å². The van der Waals surface area contributed by atoms with Crippen molar-refractivity contribution < 1.29 is 23.9 Å². The highest BCUT2D eigenvalue weighted by Gasteiger charge is 2.38. The quantitative estimate of drug-likeness (QED) is 0.731. The number of ether oxygens (including phenoxy) is 2. The van der Waals surface area contributed by atoms with E-state index >= 15 is 0 Å². The monoisotopic (exact) mass is 430 g/mol. The summed E-state index contributed by atoms with van der Waals surface area (Å²) < 4.78 is 11.2. The largest absolute Gasteiger partial charge is 0.486 e. The van der Waals surface area contributed by atoms with Crippen molar-refractivity contribution in [3.8, 4) is 11.5 Å². The lowest BCUT2D eigenvalue weighted by Crippen LogP contribution is -2.41. The summed E-state index contributed by atoms with van der Waals surface area (Å²) in [5.41, 5.74) is 0.730. The zero-order valence-corrected chi connectivity index (χ0v) is 18.0. The van der Waals surface area contributed by atoms with E-state index in [0.29, 0.717) is 64.0 Å². The van der Waals surface area contributed by atoms with Crippen LogP contribution in [0.25, 0.3) is 0 Å². The fourth-order valence-corrected chi connectivity index (χ4v) is 4.39. The van der Waals surface area contributed by atoms with E-state index in [9.17, 15) is 14.4 Å².